The number of H-pyrrole nitrogens is 1. The van der Waals surface area contributed by atoms with Gasteiger partial charge >= 0.3 is 17.8 Å². The Labute approximate surface area is 142 Å². The van der Waals surface area contributed by atoms with E-state index in [1.807, 2.05) is 4.98 Å². The first-order valence-electron chi connectivity index (χ1n) is 7.01. The first-order valence-corrected chi connectivity index (χ1v) is 7.01. The SMILES string of the molecule is O=C(NCC#Cc1cn(C2=CC(O)C(CO)O2)c(=O)[nH]c1=O)C(F)(F)F. The molecule has 0 aliphatic carbocycles. The lowest BCUT2D eigenvalue weighted by molar-refractivity contribution is -0.173. The second-order valence-electron chi connectivity index (χ2n) is 4.99. The average molecular weight is 375 g/mol. The number of aromatic amines is 1. The van der Waals surface area contributed by atoms with E-state index in [0.717, 1.165) is 16.8 Å². The monoisotopic (exact) mass is 375 g/mol. The molecule has 1 aliphatic heterocycles. The molecule has 2 rings (SSSR count). The minimum atomic E-state index is -5.05. The number of hydrogen-bond donors (Lipinski definition) is 4. The van der Waals surface area contributed by atoms with Crippen molar-refractivity contribution in [3.63, 3.8) is 0 Å². The molecule has 0 radical (unpaired) electrons. The lowest BCUT2D eigenvalue weighted by Gasteiger charge is -2.13. The van der Waals surface area contributed by atoms with Crippen molar-refractivity contribution >= 4 is 11.8 Å². The zero-order valence-electron chi connectivity index (χ0n) is 12.8. The average Bonchev–Trinajstić information content (AvgIpc) is 2.92. The van der Waals surface area contributed by atoms with Crippen molar-refractivity contribution in [3.8, 4) is 11.8 Å². The third-order valence-corrected chi connectivity index (χ3v) is 3.14. The highest BCUT2D eigenvalue weighted by Gasteiger charge is 2.38. The lowest BCUT2D eigenvalue weighted by atomic mass is 10.2. The van der Waals surface area contributed by atoms with E-state index >= 15 is 0 Å². The number of nitrogens with zero attached hydrogens (tertiary/aromatic N) is 1. The molecule has 0 aromatic carbocycles. The fraction of sp³-hybridized carbons (Fsp3) is 0.357. The molecule has 1 aliphatic rings. The minimum Gasteiger partial charge on any atom is -0.470 e. The van der Waals surface area contributed by atoms with Crippen molar-refractivity contribution in [2.45, 2.75) is 18.4 Å². The highest BCUT2D eigenvalue weighted by molar-refractivity contribution is 5.81. The van der Waals surface area contributed by atoms with Crippen LogP contribution >= 0.6 is 0 Å². The van der Waals surface area contributed by atoms with Gasteiger partial charge in [0.15, 0.2) is 6.10 Å². The smallest absolute Gasteiger partial charge is 0.470 e. The zero-order valence-corrected chi connectivity index (χ0v) is 12.8. The van der Waals surface area contributed by atoms with Crippen LogP contribution in [0.4, 0.5) is 13.2 Å². The third-order valence-electron chi connectivity index (χ3n) is 3.14. The summed E-state index contributed by atoms with van der Waals surface area (Å²) in [6, 6.07) is 0. The Morgan fingerprint density at radius 1 is 1.42 bits per heavy atom. The molecule has 9 nitrogen and oxygen atoms in total. The van der Waals surface area contributed by atoms with Gasteiger partial charge < -0.3 is 20.3 Å². The van der Waals surface area contributed by atoms with E-state index in [1.165, 1.54) is 5.32 Å². The summed E-state index contributed by atoms with van der Waals surface area (Å²) in [5.41, 5.74) is -2.11. The van der Waals surface area contributed by atoms with Crippen LogP contribution < -0.4 is 16.6 Å². The maximum absolute atomic E-state index is 12.0. The Morgan fingerprint density at radius 3 is 2.69 bits per heavy atom. The van der Waals surface area contributed by atoms with Gasteiger partial charge in [0, 0.05) is 12.3 Å². The van der Waals surface area contributed by atoms with Crippen LogP contribution in [0, 0.1) is 11.8 Å². The van der Waals surface area contributed by atoms with Gasteiger partial charge in [0.25, 0.3) is 5.56 Å². The maximum atomic E-state index is 12.0. The molecular formula is C14H12F3N3O6. The van der Waals surface area contributed by atoms with Crippen molar-refractivity contribution in [1.82, 2.24) is 14.9 Å². The van der Waals surface area contributed by atoms with Gasteiger partial charge in [-0.2, -0.15) is 13.2 Å². The first kappa shape index (κ1) is 19.3. The van der Waals surface area contributed by atoms with Gasteiger partial charge in [-0.1, -0.05) is 11.8 Å². The summed E-state index contributed by atoms with van der Waals surface area (Å²) in [4.78, 5) is 36.1. The van der Waals surface area contributed by atoms with E-state index < -0.39 is 48.7 Å². The zero-order chi connectivity index (χ0) is 19.5. The van der Waals surface area contributed by atoms with Gasteiger partial charge in [-0.05, 0) is 0 Å². The van der Waals surface area contributed by atoms with Gasteiger partial charge in [0.1, 0.15) is 11.7 Å². The van der Waals surface area contributed by atoms with Gasteiger partial charge in [-0.15, -0.1) is 0 Å². The highest BCUT2D eigenvalue weighted by Crippen LogP contribution is 2.20. The number of carbonyl (C=O) groups excluding carboxylic acids is 1. The van der Waals surface area contributed by atoms with Crippen LogP contribution in [0.3, 0.4) is 0 Å². The van der Waals surface area contributed by atoms with Gasteiger partial charge in [-0.25, -0.2) is 9.36 Å². The Balaban J connectivity index is 2.21. The van der Waals surface area contributed by atoms with E-state index in [-0.39, 0.29) is 11.4 Å². The second kappa shape index (κ2) is 7.46. The molecule has 0 saturated carbocycles. The van der Waals surface area contributed by atoms with Crippen LogP contribution in [-0.4, -0.2) is 57.2 Å². The van der Waals surface area contributed by atoms with Crippen LogP contribution in [0.5, 0.6) is 0 Å². The molecule has 1 amide bonds. The molecular weight excluding hydrogens is 363 g/mol. The Hall–Kier alpha value is -3.04. The summed E-state index contributed by atoms with van der Waals surface area (Å²) in [6.45, 7) is -1.20. The van der Waals surface area contributed by atoms with E-state index in [9.17, 15) is 32.7 Å². The number of halogens is 3. The predicted molar refractivity (Wildman–Crippen MR) is 79.5 cm³/mol. The number of aliphatic hydroxyl groups excluding tert-OH is 2. The van der Waals surface area contributed by atoms with E-state index in [4.69, 9.17) is 9.84 Å². The Morgan fingerprint density at radius 2 is 2.12 bits per heavy atom. The van der Waals surface area contributed by atoms with Gasteiger partial charge in [0.2, 0.25) is 5.88 Å². The molecule has 140 valence electrons. The quantitative estimate of drug-likeness (QED) is 0.457. The van der Waals surface area contributed by atoms with Crippen LogP contribution in [-0.2, 0) is 9.53 Å². The number of hydrogen-bond acceptors (Lipinski definition) is 6. The number of aliphatic hydroxyl groups is 2. The van der Waals surface area contributed by atoms with Crippen LogP contribution in [0.2, 0.25) is 0 Å². The molecule has 0 saturated heterocycles. The first-order chi connectivity index (χ1) is 12.1. The molecule has 2 unspecified atom stereocenters. The molecule has 1 aromatic heterocycles. The molecule has 26 heavy (non-hydrogen) atoms. The number of amides is 1. The van der Waals surface area contributed by atoms with Gasteiger partial charge in [-0.3, -0.25) is 14.6 Å². The Kier molecular flexibility index (Phi) is 5.53. The summed E-state index contributed by atoms with van der Waals surface area (Å²) in [5.74, 6) is 2.02. The maximum Gasteiger partial charge on any atom is 0.471 e. The van der Waals surface area contributed by atoms with Crippen molar-refractivity contribution in [2.24, 2.45) is 0 Å². The van der Waals surface area contributed by atoms with Crippen LogP contribution in [0.15, 0.2) is 21.9 Å². The van der Waals surface area contributed by atoms with E-state index in [2.05, 4.69) is 11.8 Å². The third kappa shape index (κ3) is 4.32. The summed E-state index contributed by atoms with van der Waals surface area (Å²) in [5, 5.41) is 20.1. The van der Waals surface area contributed by atoms with E-state index in [0.29, 0.717) is 0 Å². The number of nitrogens with one attached hydrogen (secondary N) is 2. The normalized spacial score (nSPS) is 19.2. The molecule has 0 fully saturated rings. The highest BCUT2D eigenvalue weighted by atomic mass is 19.4. The fourth-order valence-corrected chi connectivity index (χ4v) is 1.89. The van der Waals surface area contributed by atoms with Crippen molar-refractivity contribution in [2.75, 3.05) is 13.2 Å². The van der Waals surface area contributed by atoms with Crippen molar-refractivity contribution in [3.05, 3.63) is 38.7 Å². The molecule has 2 heterocycles. The van der Waals surface area contributed by atoms with Crippen molar-refractivity contribution in [1.29, 1.82) is 0 Å². The molecule has 12 heteroatoms. The summed E-state index contributed by atoms with van der Waals surface area (Å²) < 4.78 is 42.0. The minimum absolute atomic E-state index is 0.161. The number of carbonyl (C=O) groups is 1. The fourth-order valence-electron chi connectivity index (χ4n) is 1.89. The molecule has 1 aromatic rings. The largest absolute Gasteiger partial charge is 0.471 e. The summed E-state index contributed by atoms with van der Waals surface area (Å²) in [7, 11) is 0. The molecule has 0 spiro atoms. The standard InChI is InChI=1S/C14H12F3N3O6/c15-14(16,17)12(24)18-3-1-2-7-5-20(13(25)19-11(7)23)10-4-8(22)9(6-21)26-10/h4-5,8-9,21-22H,3,6H2,(H,18,24)(H,19,23,25). The summed E-state index contributed by atoms with van der Waals surface area (Å²) in [6.07, 6.45) is -5.14. The van der Waals surface area contributed by atoms with E-state index in [1.54, 1.807) is 0 Å². The number of alkyl halides is 3. The van der Waals surface area contributed by atoms with Gasteiger partial charge in [0.05, 0.1) is 13.2 Å². The molecule has 4 N–H and O–H groups in total. The number of rotatable bonds is 3. The lowest BCUT2D eigenvalue weighted by Crippen LogP contribution is -2.36. The topological polar surface area (TPSA) is 134 Å². The molecule has 0 bridgehead atoms. The molecule has 2 atom stereocenters. The number of ether oxygens (including phenoxy) is 1. The predicted octanol–water partition coefficient (Wildman–Crippen LogP) is -1.88. The Bertz CT molecular complexity index is 905. The van der Waals surface area contributed by atoms with Crippen LogP contribution in [0.25, 0.3) is 5.88 Å². The van der Waals surface area contributed by atoms with Crippen molar-refractivity contribution < 1.29 is 32.9 Å². The van der Waals surface area contributed by atoms with Crippen LogP contribution in [0.1, 0.15) is 5.56 Å². The summed E-state index contributed by atoms with van der Waals surface area (Å²) >= 11 is 0. The second-order valence-corrected chi connectivity index (χ2v) is 4.99. The number of aromatic nitrogens is 2.